The number of nitrogens with one attached hydrogen (secondary N) is 2. The molecule has 2 atom stereocenters. The zero-order chi connectivity index (χ0) is 23.3. The summed E-state index contributed by atoms with van der Waals surface area (Å²) in [6.45, 7) is 9.66. The van der Waals surface area contributed by atoms with Gasteiger partial charge in [0.1, 0.15) is 12.1 Å². The third-order valence-corrected chi connectivity index (χ3v) is 6.43. The van der Waals surface area contributed by atoms with Gasteiger partial charge in [0.25, 0.3) is 0 Å². The summed E-state index contributed by atoms with van der Waals surface area (Å²) in [5.41, 5.74) is 0.497. The second kappa shape index (κ2) is 10.3. The molecule has 2 aromatic rings. The van der Waals surface area contributed by atoms with E-state index < -0.39 is 17.8 Å². The van der Waals surface area contributed by atoms with Crippen LogP contribution in [0.3, 0.4) is 0 Å². The van der Waals surface area contributed by atoms with Gasteiger partial charge in [-0.1, -0.05) is 73.7 Å². The standard InChI is InChI=1S/C26H32N4O3/c1-3-16-29(4-2)17-15-28-24(31)22-18-27-19-23-25(32)33-26(30(22)23,20-11-7-5-8-12-20)21-13-9-6-10-14-21/h3,5-14,22-23,27H,1,4,15-19H2,2H3,(H,28,31). The number of ether oxygens (including phenoxy) is 1. The first-order chi connectivity index (χ1) is 16.1. The van der Waals surface area contributed by atoms with Gasteiger partial charge in [0.2, 0.25) is 11.6 Å². The highest BCUT2D eigenvalue weighted by Crippen LogP contribution is 2.45. The van der Waals surface area contributed by atoms with Crippen LogP contribution in [0, 0.1) is 0 Å². The highest BCUT2D eigenvalue weighted by molar-refractivity contribution is 5.86. The number of rotatable bonds is 9. The van der Waals surface area contributed by atoms with Gasteiger partial charge in [0, 0.05) is 43.9 Å². The SMILES string of the molecule is C=CCN(CC)CCNC(=O)C1CNCC2C(=O)OC(c3ccccc3)(c3ccccc3)N12. The Hall–Kier alpha value is -3.00. The lowest BCUT2D eigenvalue weighted by Gasteiger charge is -2.44. The molecule has 2 N–H and O–H groups in total. The zero-order valence-electron chi connectivity index (χ0n) is 19.1. The lowest BCUT2D eigenvalue weighted by atomic mass is 9.90. The molecule has 2 aromatic carbocycles. The van der Waals surface area contributed by atoms with Crippen LogP contribution in [0.2, 0.25) is 0 Å². The van der Waals surface area contributed by atoms with E-state index in [1.165, 1.54) is 0 Å². The van der Waals surface area contributed by atoms with Crippen LogP contribution in [0.5, 0.6) is 0 Å². The molecule has 33 heavy (non-hydrogen) atoms. The second-order valence-electron chi connectivity index (χ2n) is 8.37. The molecule has 0 radical (unpaired) electrons. The third-order valence-electron chi connectivity index (χ3n) is 6.43. The smallest absolute Gasteiger partial charge is 0.327 e. The van der Waals surface area contributed by atoms with E-state index in [4.69, 9.17) is 4.74 Å². The molecule has 2 fully saturated rings. The Morgan fingerprint density at radius 1 is 1.18 bits per heavy atom. The van der Waals surface area contributed by atoms with Crippen molar-refractivity contribution in [1.29, 1.82) is 0 Å². The minimum absolute atomic E-state index is 0.114. The van der Waals surface area contributed by atoms with Crippen molar-refractivity contribution in [2.45, 2.75) is 24.7 Å². The monoisotopic (exact) mass is 448 g/mol. The van der Waals surface area contributed by atoms with Crippen LogP contribution in [-0.2, 0) is 20.1 Å². The van der Waals surface area contributed by atoms with Crippen molar-refractivity contribution >= 4 is 11.9 Å². The molecule has 7 heteroatoms. The minimum atomic E-state index is -1.16. The Morgan fingerprint density at radius 3 is 2.39 bits per heavy atom. The van der Waals surface area contributed by atoms with E-state index >= 15 is 0 Å². The molecule has 2 aliphatic heterocycles. The molecule has 2 saturated heterocycles. The maximum absolute atomic E-state index is 13.4. The van der Waals surface area contributed by atoms with Crippen molar-refractivity contribution in [3.8, 4) is 0 Å². The Labute approximate surface area is 195 Å². The van der Waals surface area contributed by atoms with Crippen molar-refractivity contribution in [3.63, 3.8) is 0 Å². The van der Waals surface area contributed by atoms with Crippen LogP contribution in [0.1, 0.15) is 18.1 Å². The van der Waals surface area contributed by atoms with Crippen molar-refractivity contribution in [3.05, 3.63) is 84.4 Å². The molecule has 174 valence electrons. The fraction of sp³-hybridized carbons (Fsp3) is 0.385. The molecule has 0 bridgehead atoms. The lowest BCUT2D eigenvalue weighted by molar-refractivity contribution is -0.153. The van der Waals surface area contributed by atoms with E-state index in [2.05, 4.69) is 29.0 Å². The first kappa shape index (κ1) is 23.2. The van der Waals surface area contributed by atoms with Crippen LogP contribution in [0.25, 0.3) is 0 Å². The molecule has 0 aromatic heterocycles. The van der Waals surface area contributed by atoms with Crippen molar-refractivity contribution < 1.29 is 14.3 Å². The molecule has 0 spiro atoms. The Bertz CT molecular complexity index is 927. The summed E-state index contributed by atoms with van der Waals surface area (Å²) in [5, 5.41) is 6.34. The molecule has 2 aliphatic rings. The number of piperazine rings is 1. The van der Waals surface area contributed by atoms with Crippen molar-refractivity contribution in [2.75, 3.05) is 39.3 Å². The fourth-order valence-corrected chi connectivity index (χ4v) is 4.82. The average Bonchev–Trinajstić information content (AvgIpc) is 3.18. The predicted molar refractivity (Wildman–Crippen MR) is 127 cm³/mol. The molecular weight excluding hydrogens is 416 g/mol. The van der Waals surface area contributed by atoms with Crippen molar-refractivity contribution in [2.24, 2.45) is 0 Å². The Morgan fingerprint density at radius 2 is 1.82 bits per heavy atom. The van der Waals surface area contributed by atoms with Crippen LogP contribution in [0.4, 0.5) is 0 Å². The van der Waals surface area contributed by atoms with Crippen LogP contribution in [0.15, 0.2) is 73.3 Å². The summed E-state index contributed by atoms with van der Waals surface area (Å²) < 4.78 is 6.19. The third kappa shape index (κ3) is 4.44. The summed E-state index contributed by atoms with van der Waals surface area (Å²) >= 11 is 0. The zero-order valence-corrected chi connectivity index (χ0v) is 19.1. The summed E-state index contributed by atoms with van der Waals surface area (Å²) in [4.78, 5) is 30.7. The number of carbonyl (C=O) groups excluding carboxylic acids is 2. The maximum atomic E-state index is 13.4. The molecule has 1 amide bonds. The minimum Gasteiger partial charge on any atom is -0.434 e. The van der Waals surface area contributed by atoms with Gasteiger partial charge < -0.3 is 15.4 Å². The first-order valence-corrected chi connectivity index (χ1v) is 11.6. The molecule has 2 heterocycles. The quantitative estimate of drug-likeness (QED) is 0.450. The number of hydrogen-bond donors (Lipinski definition) is 2. The molecule has 4 rings (SSSR count). The van der Waals surface area contributed by atoms with Gasteiger partial charge in [-0.15, -0.1) is 6.58 Å². The number of esters is 1. The number of fused-ring (bicyclic) bond motifs is 1. The Kier molecular flexibility index (Phi) is 7.23. The number of benzene rings is 2. The second-order valence-corrected chi connectivity index (χ2v) is 8.37. The normalized spacial score (nSPS) is 21.9. The van der Waals surface area contributed by atoms with Gasteiger partial charge in [0.05, 0.1) is 0 Å². The highest BCUT2D eigenvalue weighted by atomic mass is 16.6. The van der Waals surface area contributed by atoms with Crippen LogP contribution < -0.4 is 10.6 Å². The maximum Gasteiger partial charge on any atom is 0.327 e. The number of hydrogen-bond acceptors (Lipinski definition) is 6. The lowest BCUT2D eigenvalue weighted by Crippen LogP contribution is -2.66. The molecule has 0 aliphatic carbocycles. The highest BCUT2D eigenvalue weighted by Gasteiger charge is 2.60. The van der Waals surface area contributed by atoms with E-state index in [0.717, 1.165) is 30.8 Å². The van der Waals surface area contributed by atoms with Crippen LogP contribution >= 0.6 is 0 Å². The number of carbonyl (C=O) groups is 2. The summed E-state index contributed by atoms with van der Waals surface area (Å²) in [6.07, 6.45) is 1.86. The van der Waals surface area contributed by atoms with E-state index in [9.17, 15) is 9.59 Å². The van der Waals surface area contributed by atoms with E-state index in [1.54, 1.807) is 0 Å². The molecule has 7 nitrogen and oxygen atoms in total. The fourth-order valence-electron chi connectivity index (χ4n) is 4.82. The number of likely N-dealkylation sites (N-methyl/N-ethyl adjacent to an activating group) is 1. The van der Waals surface area contributed by atoms with Crippen LogP contribution in [-0.4, -0.2) is 73.0 Å². The topological polar surface area (TPSA) is 73.9 Å². The molecular formula is C26H32N4O3. The van der Waals surface area contributed by atoms with Gasteiger partial charge in [-0.05, 0) is 6.54 Å². The van der Waals surface area contributed by atoms with E-state index in [0.29, 0.717) is 19.6 Å². The van der Waals surface area contributed by atoms with Gasteiger partial charge in [0.15, 0.2) is 0 Å². The summed E-state index contributed by atoms with van der Waals surface area (Å²) in [5.74, 6) is -0.438. The van der Waals surface area contributed by atoms with Gasteiger partial charge in [-0.25, -0.2) is 4.90 Å². The summed E-state index contributed by atoms with van der Waals surface area (Å²) in [7, 11) is 0. The van der Waals surface area contributed by atoms with Gasteiger partial charge in [-0.2, -0.15) is 0 Å². The molecule has 0 saturated carbocycles. The van der Waals surface area contributed by atoms with E-state index in [-0.39, 0.29) is 11.9 Å². The largest absolute Gasteiger partial charge is 0.434 e. The summed E-state index contributed by atoms with van der Waals surface area (Å²) in [6, 6.07) is 18.3. The molecule has 2 unspecified atom stereocenters. The van der Waals surface area contributed by atoms with Gasteiger partial charge in [-0.3, -0.25) is 14.5 Å². The number of cyclic esters (lactones) is 1. The Balaban J connectivity index is 1.67. The van der Waals surface area contributed by atoms with Gasteiger partial charge >= 0.3 is 5.97 Å². The number of amides is 1. The van der Waals surface area contributed by atoms with Crippen molar-refractivity contribution in [1.82, 2.24) is 20.4 Å². The average molecular weight is 449 g/mol. The van der Waals surface area contributed by atoms with E-state index in [1.807, 2.05) is 71.6 Å². The number of nitrogens with zero attached hydrogens (tertiary/aromatic N) is 2. The first-order valence-electron chi connectivity index (χ1n) is 11.6. The predicted octanol–water partition coefficient (Wildman–Crippen LogP) is 1.71.